The molecule has 0 bridgehead atoms. The largest absolute Gasteiger partial charge is 0.326 e. The molecule has 0 aromatic heterocycles. The lowest BCUT2D eigenvalue weighted by molar-refractivity contribution is 0.590. The molecule has 0 aliphatic rings. The van der Waals surface area contributed by atoms with Crippen molar-refractivity contribution in [2.75, 3.05) is 0 Å². The summed E-state index contributed by atoms with van der Waals surface area (Å²) in [6.07, 6.45) is 4.17. The predicted molar refractivity (Wildman–Crippen MR) is 62.0 cm³/mol. The van der Waals surface area contributed by atoms with Crippen LogP contribution in [0.3, 0.4) is 0 Å². The van der Waals surface area contributed by atoms with Crippen LogP contribution in [0.2, 0.25) is 0 Å². The van der Waals surface area contributed by atoms with Crippen molar-refractivity contribution in [3.8, 4) is 0 Å². The third-order valence-corrected chi connectivity index (χ3v) is 2.38. The molecule has 2 N–H and O–H groups in total. The van der Waals surface area contributed by atoms with Gasteiger partial charge in [-0.1, -0.05) is 37.3 Å². The van der Waals surface area contributed by atoms with Crippen molar-refractivity contribution in [2.45, 2.75) is 26.3 Å². The van der Waals surface area contributed by atoms with Crippen LogP contribution in [0.1, 0.15) is 24.5 Å². The van der Waals surface area contributed by atoms with Crippen LogP contribution in [0, 0.1) is 5.92 Å². The monoisotopic (exact) mass is 189 g/mol. The lowest BCUT2D eigenvalue weighted by Gasteiger charge is -2.09. The molecule has 0 spiro atoms. The first-order chi connectivity index (χ1) is 6.76. The van der Waals surface area contributed by atoms with E-state index >= 15 is 0 Å². The van der Waals surface area contributed by atoms with E-state index in [1.54, 1.807) is 0 Å². The van der Waals surface area contributed by atoms with E-state index in [0.717, 1.165) is 12.8 Å². The highest BCUT2D eigenvalue weighted by atomic mass is 14.5. The molecule has 1 atom stereocenters. The van der Waals surface area contributed by atoms with Gasteiger partial charge in [-0.05, 0) is 29.9 Å². The molecule has 0 aliphatic heterocycles. The molecule has 0 fully saturated rings. The van der Waals surface area contributed by atoms with Gasteiger partial charge in [-0.3, -0.25) is 0 Å². The minimum Gasteiger partial charge on any atom is -0.326 e. The van der Waals surface area contributed by atoms with Crippen LogP contribution in [0.25, 0.3) is 0 Å². The molecule has 14 heavy (non-hydrogen) atoms. The average Bonchev–Trinajstić information content (AvgIpc) is 2.18. The summed E-state index contributed by atoms with van der Waals surface area (Å²) in [6.45, 7) is 6.63. The van der Waals surface area contributed by atoms with Crippen LogP contribution < -0.4 is 5.73 Å². The lowest BCUT2D eigenvalue weighted by Crippen LogP contribution is -2.01. The van der Waals surface area contributed by atoms with E-state index in [1.165, 1.54) is 11.1 Å². The SMILES string of the molecule is C=CCC(C)Cc1cccc(CN)c1. The van der Waals surface area contributed by atoms with E-state index in [-0.39, 0.29) is 0 Å². The normalized spacial score (nSPS) is 12.4. The first-order valence-corrected chi connectivity index (χ1v) is 5.15. The fourth-order valence-corrected chi connectivity index (χ4v) is 1.65. The third kappa shape index (κ3) is 3.35. The van der Waals surface area contributed by atoms with Gasteiger partial charge in [0.2, 0.25) is 0 Å². The standard InChI is InChI=1S/C13H19N/c1-3-5-11(2)8-12-6-4-7-13(9-12)10-14/h3-4,6-7,9,11H,1,5,8,10,14H2,2H3. The molecule has 1 rings (SSSR count). The summed E-state index contributed by atoms with van der Waals surface area (Å²) in [4.78, 5) is 0. The highest BCUT2D eigenvalue weighted by Gasteiger charge is 2.01. The summed E-state index contributed by atoms with van der Waals surface area (Å²) in [5, 5.41) is 0. The van der Waals surface area contributed by atoms with Crippen LogP contribution in [0.4, 0.5) is 0 Å². The highest BCUT2D eigenvalue weighted by Crippen LogP contribution is 2.13. The van der Waals surface area contributed by atoms with Crippen molar-refractivity contribution in [1.29, 1.82) is 0 Å². The summed E-state index contributed by atoms with van der Waals surface area (Å²) in [5.74, 6) is 0.667. The molecular weight excluding hydrogens is 170 g/mol. The molecule has 1 heteroatoms. The summed E-state index contributed by atoms with van der Waals surface area (Å²) in [7, 11) is 0. The zero-order valence-corrected chi connectivity index (χ0v) is 8.87. The third-order valence-electron chi connectivity index (χ3n) is 2.38. The Hall–Kier alpha value is -1.08. The van der Waals surface area contributed by atoms with Crippen molar-refractivity contribution in [1.82, 2.24) is 0 Å². The van der Waals surface area contributed by atoms with Gasteiger partial charge in [0.1, 0.15) is 0 Å². The maximum Gasteiger partial charge on any atom is 0.0178 e. The van der Waals surface area contributed by atoms with Gasteiger partial charge >= 0.3 is 0 Å². The van der Waals surface area contributed by atoms with Gasteiger partial charge in [-0.2, -0.15) is 0 Å². The van der Waals surface area contributed by atoms with Gasteiger partial charge in [0, 0.05) is 6.54 Å². The van der Waals surface area contributed by atoms with Gasteiger partial charge < -0.3 is 5.73 Å². The summed E-state index contributed by atoms with van der Waals surface area (Å²) < 4.78 is 0. The summed E-state index contributed by atoms with van der Waals surface area (Å²) >= 11 is 0. The fraction of sp³-hybridized carbons (Fsp3) is 0.385. The number of rotatable bonds is 5. The summed E-state index contributed by atoms with van der Waals surface area (Å²) in [5.41, 5.74) is 8.19. The molecular formula is C13H19N. The van der Waals surface area contributed by atoms with E-state index in [2.05, 4.69) is 37.8 Å². The Morgan fingerprint density at radius 2 is 2.14 bits per heavy atom. The van der Waals surface area contributed by atoms with Gasteiger partial charge in [0.05, 0.1) is 0 Å². The van der Waals surface area contributed by atoms with Crippen LogP contribution in [-0.4, -0.2) is 0 Å². The van der Waals surface area contributed by atoms with Gasteiger partial charge in [0.25, 0.3) is 0 Å². The van der Waals surface area contributed by atoms with E-state index in [0.29, 0.717) is 12.5 Å². The second-order valence-electron chi connectivity index (χ2n) is 3.86. The van der Waals surface area contributed by atoms with E-state index in [1.807, 2.05) is 6.08 Å². The van der Waals surface area contributed by atoms with Gasteiger partial charge in [-0.25, -0.2) is 0 Å². The predicted octanol–water partition coefficient (Wildman–Crippen LogP) is 2.90. The van der Waals surface area contributed by atoms with Crippen molar-refractivity contribution in [3.05, 3.63) is 48.0 Å². The Morgan fingerprint density at radius 1 is 1.43 bits per heavy atom. The minimum atomic E-state index is 0.629. The Bertz CT molecular complexity index is 291. The molecule has 0 saturated carbocycles. The summed E-state index contributed by atoms with van der Waals surface area (Å²) in [6, 6.07) is 8.51. The molecule has 0 heterocycles. The zero-order valence-electron chi connectivity index (χ0n) is 8.87. The van der Waals surface area contributed by atoms with Crippen LogP contribution in [-0.2, 0) is 13.0 Å². The Morgan fingerprint density at radius 3 is 2.79 bits per heavy atom. The lowest BCUT2D eigenvalue weighted by atomic mass is 9.97. The van der Waals surface area contributed by atoms with E-state index < -0.39 is 0 Å². The Kier molecular flexibility index (Phi) is 4.41. The quantitative estimate of drug-likeness (QED) is 0.708. The zero-order chi connectivity index (χ0) is 10.4. The molecule has 0 amide bonds. The molecule has 0 saturated heterocycles. The molecule has 1 unspecified atom stereocenters. The number of nitrogens with two attached hydrogens (primary N) is 1. The van der Waals surface area contributed by atoms with E-state index in [9.17, 15) is 0 Å². The second kappa shape index (κ2) is 5.61. The maximum absolute atomic E-state index is 5.59. The van der Waals surface area contributed by atoms with Crippen LogP contribution in [0.5, 0.6) is 0 Å². The number of hydrogen-bond donors (Lipinski definition) is 1. The Labute approximate surface area is 86.6 Å². The number of benzene rings is 1. The van der Waals surface area contributed by atoms with Crippen molar-refractivity contribution in [3.63, 3.8) is 0 Å². The molecule has 1 aromatic carbocycles. The molecule has 0 aliphatic carbocycles. The topological polar surface area (TPSA) is 26.0 Å². The maximum atomic E-state index is 5.59. The van der Waals surface area contributed by atoms with E-state index in [4.69, 9.17) is 5.73 Å². The molecule has 1 nitrogen and oxygen atoms in total. The Balaban J connectivity index is 2.61. The average molecular weight is 189 g/mol. The fourth-order valence-electron chi connectivity index (χ4n) is 1.65. The molecule has 76 valence electrons. The number of hydrogen-bond acceptors (Lipinski definition) is 1. The van der Waals surface area contributed by atoms with Gasteiger partial charge in [0.15, 0.2) is 0 Å². The van der Waals surface area contributed by atoms with Gasteiger partial charge in [-0.15, -0.1) is 6.58 Å². The van der Waals surface area contributed by atoms with Crippen LogP contribution >= 0.6 is 0 Å². The van der Waals surface area contributed by atoms with Crippen molar-refractivity contribution in [2.24, 2.45) is 11.7 Å². The van der Waals surface area contributed by atoms with Crippen molar-refractivity contribution >= 4 is 0 Å². The first kappa shape index (κ1) is 11.0. The molecule has 1 aromatic rings. The number of allylic oxidation sites excluding steroid dienone is 1. The first-order valence-electron chi connectivity index (χ1n) is 5.15. The second-order valence-corrected chi connectivity index (χ2v) is 3.86. The van der Waals surface area contributed by atoms with Crippen LogP contribution in [0.15, 0.2) is 36.9 Å². The highest BCUT2D eigenvalue weighted by molar-refractivity contribution is 5.23. The minimum absolute atomic E-state index is 0.629. The van der Waals surface area contributed by atoms with Crippen molar-refractivity contribution < 1.29 is 0 Å². The molecule has 0 radical (unpaired) electrons. The smallest absolute Gasteiger partial charge is 0.0178 e.